The summed E-state index contributed by atoms with van der Waals surface area (Å²) in [5, 5.41) is 5.60. The third-order valence-electron chi connectivity index (χ3n) is 5.62. The maximum Gasteiger partial charge on any atom is 0.343 e. The zero-order valence-electron chi connectivity index (χ0n) is 19.2. The second-order valence-corrected chi connectivity index (χ2v) is 9.42. The van der Waals surface area contributed by atoms with Crippen molar-refractivity contribution in [2.45, 2.75) is 0 Å². The second-order valence-electron chi connectivity index (χ2n) is 8.06. The lowest BCUT2D eigenvalue weighted by Crippen LogP contribution is -2.19. The van der Waals surface area contributed by atoms with Gasteiger partial charge in [-0.2, -0.15) is 5.10 Å². The van der Waals surface area contributed by atoms with E-state index in [1.807, 2.05) is 54.6 Å². The van der Waals surface area contributed by atoms with Crippen molar-refractivity contribution in [3.63, 3.8) is 0 Å². The van der Waals surface area contributed by atoms with Gasteiger partial charge < -0.3 is 9.72 Å². The number of carbonyl (C=O) groups is 2. The highest BCUT2D eigenvalue weighted by atomic mass is 79.9. The summed E-state index contributed by atoms with van der Waals surface area (Å²) < 4.78 is 6.33. The highest BCUT2D eigenvalue weighted by molar-refractivity contribution is 9.10. The Labute approximate surface area is 226 Å². The van der Waals surface area contributed by atoms with E-state index in [1.54, 1.807) is 42.5 Å². The number of H-pyrrole nitrogens is 1. The molecule has 1 amide bonds. The number of esters is 1. The highest BCUT2D eigenvalue weighted by Crippen LogP contribution is 2.32. The summed E-state index contributed by atoms with van der Waals surface area (Å²) >= 11 is 9.32. The van der Waals surface area contributed by atoms with Crippen LogP contribution in [0.5, 0.6) is 5.75 Å². The molecule has 182 valence electrons. The summed E-state index contributed by atoms with van der Waals surface area (Å²) in [6.45, 7) is 0. The molecule has 1 aromatic heterocycles. The number of fused-ring (bicyclic) bond motifs is 1. The molecule has 1 heterocycles. The van der Waals surface area contributed by atoms with Gasteiger partial charge in [-0.3, -0.25) is 4.79 Å². The number of ether oxygens (including phenoxy) is 1. The van der Waals surface area contributed by atoms with Crippen molar-refractivity contribution in [3.05, 3.63) is 123 Å². The monoisotopic (exact) mass is 571 g/mol. The quantitative estimate of drug-likeness (QED) is 0.0974. The van der Waals surface area contributed by atoms with Crippen molar-refractivity contribution in [2.24, 2.45) is 5.10 Å². The fraction of sp³-hybridized carbons (Fsp3) is 0. The minimum atomic E-state index is -0.539. The first-order valence-electron chi connectivity index (χ1n) is 11.3. The average molecular weight is 573 g/mol. The summed E-state index contributed by atoms with van der Waals surface area (Å²) in [6.07, 6.45) is 1.43. The van der Waals surface area contributed by atoms with E-state index < -0.39 is 11.9 Å². The molecule has 2 N–H and O–H groups in total. The zero-order valence-corrected chi connectivity index (χ0v) is 21.6. The largest absolute Gasteiger partial charge is 0.422 e. The van der Waals surface area contributed by atoms with Crippen LogP contribution in [0.1, 0.15) is 26.4 Å². The standard InChI is InChI=1S/C29H19BrClN3O3/c30-21-12-15-25(37-29(36)19-10-13-22(31)14-11-19)20(16-21)17-32-34-28(35)27-26(18-6-2-1-3-7-18)23-8-4-5-9-24(23)33-27/h1-17,33H,(H,34,35). The number of nitrogens with one attached hydrogen (secondary N) is 2. The van der Waals surface area contributed by atoms with Gasteiger partial charge in [0.15, 0.2) is 0 Å². The number of halogens is 2. The van der Waals surface area contributed by atoms with Crippen LogP contribution in [0.25, 0.3) is 22.0 Å². The summed E-state index contributed by atoms with van der Waals surface area (Å²) in [6, 6.07) is 29.0. The van der Waals surface area contributed by atoms with E-state index in [4.69, 9.17) is 16.3 Å². The number of carbonyl (C=O) groups excluding carboxylic acids is 2. The van der Waals surface area contributed by atoms with Crippen LogP contribution < -0.4 is 10.2 Å². The number of hydrogen-bond donors (Lipinski definition) is 2. The van der Waals surface area contributed by atoms with E-state index in [2.05, 4.69) is 31.4 Å². The van der Waals surface area contributed by atoms with Crippen LogP contribution in [-0.2, 0) is 0 Å². The van der Waals surface area contributed by atoms with Crippen molar-refractivity contribution in [1.82, 2.24) is 10.4 Å². The van der Waals surface area contributed by atoms with Crippen LogP contribution in [0, 0.1) is 0 Å². The molecular weight excluding hydrogens is 554 g/mol. The Kier molecular flexibility index (Phi) is 7.16. The van der Waals surface area contributed by atoms with Crippen molar-refractivity contribution in [1.29, 1.82) is 0 Å². The molecule has 0 aliphatic heterocycles. The fourth-order valence-corrected chi connectivity index (χ4v) is 4.40. The first-order chi connectivity index (χ1) is 18.0. The number of nitrogens with zero attached hydrogens (tertiary/aromatic N) is 1. The SMILES string of the molecule is O=C(Oc1ccc(Br)cc1C=NNC(=O)c1[nH]c2ccccc2c1-c1ccccc1)c1ccc(Cl)cc1. The van der Waals surface area contributed by atoms with Crippen molar-refractivity contribution < 1.29 is 14.3 Å². The van der Waals surface area contributed by atoms with E-state index in [0.29, 0.717) is 21.8 Å². The lowest BCUT2D eigenvalue weighted by atomic mass is 10.0. The molecule has 8 heteroatoms. The van der Waals surface area contributed by atoms with Gasteiger partial charge in [-0.1, -0.05) is 76.1 Å². The van der Waals surface area contributed by atoms with Gasteiger partial charge in [0, 0.05) is 31.5 Å². The number of para-hydroxylation sites is 1. The van der Waals surface area contributed by atoms with E-state index in [9.17, 15) is 9.59 Å². The Bertz CT molecular complexity index is 1630. The number of rotatable bonds is 6. The topological polar surface area (TPSA) is 83.5 Å². The smallest absolute Gasteiger partial charge is 0.343 e. The van der Waals surface area contributed by atoms with Crippen LogP contribution in [0.15, 0.2) is 107 Å². The van der Waals surface area contributed by atoms with Crippen LogP contribution >= 0.6 is 27.5 Å². The number of aromatic nitrogens is 1. The Morgan fingerprint density at radius 2 is 1.65 bits per heavy atom. The van der Waals surface area contributed by atoms with Crippen LogP contribution in [0.2, 0.25) is 5.02 Å². The molecule has 0 bridgehead atoms. The van der Waals surface area contributed by atoms with Crippen LogP contribution in [-0.4, -0.2) is 23.1 Å². The van der Waals surface area contributed by atoms with E-state index in [1.165, 1.54) is 6.21 Å². The van der Waals surface area contributed by atoms with E-state index >= 15 is 0 Å². The molecule has 4 aromatic carbocycles. The molecule has 0 unspecified atom stereocenters. The highest BCUT2D eigenvalue weighted by Gasteiger charge is 2.19. The lowest BCUT2D eigenvalue weighted by Gasteiger charge is -2.08. The Balaban J connectivity index is 1.39. The molecule has 5 rings (SSSR count). The van der Waals surface area contributed by atoms with Gasteiger partial charge in [-0.25, -0.2) is 10.2 Å². The fourth-order valence-electron chi connectivity index (χ4n) is 3.89. The summed E-state index contributed by atoms with van der Waals surface area (Å²) in [5.74, 6) is -0.652. The first-order valence-corrected chi connectivity index (χ1v) is 12.4. The molecule has 6 nitrogen and oxygen atoms in total. The maximum absolute atomic E-state index is 13.2. The third-order valence-corrected chi connectivity index (χ3v) is 6.36. The molecular formula is C29H19BrClN3O3. The molecule has 0 spiro atoms. The number of hydrazone groups is 1. The minimum Gasteiger partial charge on any atom is -0.422 e. The molecule has 0 aliphatic rings. The van der Waals surface area contributed by atoms with Crippen LogP contribution in [0.3, 0.4) is 0 Å². The molecule has 0 fully saturated rings. The second kappa shape index (κ2) is 10.8. The minimum absolute atomic E-state index is 0.289. The molecule has 37 heavy (non-hydrogen) atoms. The predicted molar refractivity (Wildman–Crippen MR) is 149 cm³/mol. The molecule has 0 saturated carbocycles. The number of hydrogen-bond acceptors (Lipinski definition) is 4. The zero-order chi connectivity index (χ0) is 25.8. The Hall–Kier alpha value is -4.20. The number of aromatic amines is 1. The summed E-state index contributed by atoms with van der Waals surface area (Å²) in [7, 11) is 0. The van der Waals surface area contributed by atoms with Crippen molar-refractivity contribution >= 4 is 56.5 Å². The van der Waals surface area contributed by atoms with E-state index in [0.717, 1.165) is 26.5 Å². The van der Waals surface area contributed by atoms with E-state index in [-0.39, 0.29) is 5.75 Å². The number of benzene rings is 4. The molecule has 0 saturated heterocycles. The summed E-state index contributed by atoms with van der Waals surface area (Å²) in [4.78, 5) is 29.0. The lowest BCUT2D eigenvalue weighted by molar-refractivity contribution is 0.0734. The molecule has 0 radical (unpaired) electrons. The van der Waals surface area contributed by atoms with Gasteiger partial charge in [-0.05, 0) is 54.1 Å². The maximum atomic E-state index is 13.2. The van der Waals surface area contributed by atoms with Crippen molar-refractivity contribution in [3.8, 4) is 16.9 Å². The Morgan fingerprint density at radius 3 is 2.43 bits per heavy atom. The number of amides is 1. The van der Waals surface area contributed by atoms with Gasteiger partial charge in [0.2, 0.25) is 0 Å². The Morgan fingerprint density at radius 1 is 0.919 bits per heavy atom. The van der Waals surface area contributed by atoms with Gasteiger partial charge in [-0.15, -0.1) is 0 Å². The average Bonchev–Trinajstić information content (AvgIpc) is 3.31. The molecule has 5 aromatic rings. The van der Waals surface area contributed by atoms with Crippen molar-refractivity contribution in [2.75, 3.05) is 0 Å². The van der Waals surface area contributed by atoms with Gasteiger partial charge in [0.1, 0.15) is 11.4 Å². The molecule has 0 aliphatic carbocycles. The predicted octanol–water partition coefficient (Wildman–Crippen LogP) is 7.23. The third kappa shape index (κ3) is 5.48. The molecule has 0 atom stereocenters. The van der Waals surface area contributed by atoms with Gasteiger partial charge in [0.05, 0.1) is 11.8 Å². The van der Waals surface area contributed by atoms with Crippen LogP contribution in [0.4, 0.5) is 0 Å². The van der Waals surface area contributed by atoms with Gasteiger partial charge in [0.25, 0.3) is 5.91 Å². The first kappa shape index (κ1) is 24.5. The van der Waals surface area contributed by atoms with Gasteiger partial charge >= 0.3 is 5.97 Å². The normalized spacial score (nSPS) is 11.1. The summed E-state index contributed by atoms with van der Waals surface area (Å²) in [5.41, 5.74) is 6.39.